The van der Waals surface area contributed by atoms with E-state index < -0.39 is 0 Å². The van der Waals surface area contributed by atoms with Crippen molar-refractivity contribution in [2.24, 2.45) is 5.92 Å². The Morgan fingerprint density at radius 2 is 1.66 bits per heavy atom. The van der Waals surface area contributed by atoms with Gasteiger partial charge in [-0.2, -0.15) is 0 Å². The second-order valence-corrected chi connectivity index (χ2v) is 9.82. The minimum atomic E-state index is -0.320. The van der Waals surface area contributed by atoms with Gasteiger partial charge in [0.1, 0.15) is 18.1 Å². The van der Waals surface area contributed by atoms with Crippen LogP contribution in [0.25, 0.3) is 11.3 Å². The molecule has 1 aliphatic carbocycles. The van der Waals surface area contributed by atoms with Gasteiger partial charge >= 0.3 is 0 Å². The lowest BCUT2D eigenvalue weighted by Crippen LogP contribution is -2.52. The average molecular weight is 518 g/mol. The molecule has 2 aromatic carbocycles. The van der Waals surface area contributed by atoms with Crippen LogP contribution in [0.1, 0.15) is 24.8 Å². The Kier molecular flexibility index (Phi) is 7.81. The van der Waals surface area contributed by atoms with Crippen LogP contribution >= 0.6 is 0 Å². The van der Waals surface area contributed by atoms with Crippen LogP contribution in [-0.2, 0) is 16.1 Å². The fourth-order valence-electron chi connectivity index (χ4n) is 4.79. The van der Waals surface area contributed by atoms with Gasteiger partial charge in [-0.1, -0.05) is 18.6 Å². The molecule has 198 valence electrons. The third kappa shape index (κ3) is 5.93. The molecule has 2 amide bonds. The maximum absolute atomic E-state index is 13.3. The summed E-state index contributed by atoms with van der Waals surface area (Å²) in [5.74, 6) is 1.17. The number of hydrogen-bond acceptors (Lipinski definition) is 6. The van der Waals surface area contributed by atoms with Gasteiger partial charge in [-0.05, 0) is 66.9 Å². The van der Waals surface area contributed by atoms with Gasteiger partial charge in [0, 0.05) is 44.2 Å². The zero-order chi connectivity index (χ0) is 26.5. The molecule has 8 nitrogen and oxygen atoms in total. The predicted molar refractivity (Wildman–Crippen MR) is 142 cm³/mol. The molecule has 1 saturated carbocycles. The van der Waals surface area contributed by atoms with Crippen LogP contribution in [0.5, 0.6) is 5.75 Å². The molecule has 0 spiro atoms. The van der Waals surface area contributed by atoms with Crippen LogP contribution in [0.3, 0.4) is 0 Å². The number of carbonyl (C=O) groups excluding carboxylic acids is 2. The van der Waals surface area contributed by atoms with Gasteiger partial charge in [0.2, 0.25) is 11.8 Å². The third-order valence-corrected chi connectivity index (χ3v) is 7.37. The van der Waals surface area contributed by atoms with E-state index in [2.05, 4.69) is 15.1 Å². The van der Waals surface area contributed by atoms with E-state index in [1.807, 2.05) is 36.4 Å². The first-order chi connectivity index (χ1) is 18.5. The summed E-state index contributed by atoms with van der Waals surface area (Å²) in [6, 6.07) is 17.7. The Hall–Kier alpha value is -4.01. The summed E-state index contributed by atoms with van der Waals surface area (Å²) in [7, 11) is 1.63. The lowest BCUT2D eigenvalue weighted by Gasteiger charge is -2.37. The largest absolute Gasteiger partial charge is 0.497 e. The van der Waals surface area contributed by atoms with E-state index in [1.54, 1.807) is 29.0 Å². The van der Waals surface area contributed by atoms with E-state index in [1.165, 1.54) is 12.1 Å². The highest BCUT2D eigenvalue weighted by Crippen LogP contribution is 2.29. The molecule has 5 rings (SSSR count). The van der Waals surface area contributed by atoms with E-state index >= 15 is 0 Å². The number of rotatable bonds is 8. The SMILES string of the molecule is COc1ccc(-c2ccc(N3CCN(C(=O)CN(Cc4ccc(F)cc4)C(=O)C4CCC4)CC3)nn2)cc1. The summed E-state index contributed by atoms with van der Waals surface area (Å²) in [6.45, 7) is 2.69. The molecule has 3 aromatic rings. The van der Waals surface area contributed by atoms with Gasteiger partial charge in [-0.25, -0.2) is 4.39 Å². The zero-order valence-electron chi connectivity index (χ0n) is 21.6. The number of piperazine rings is 1. The van der Waals surface area contributed by atoms with Crippen molar-refractivity contribution in [1.82, 2.24) is 20.0 Å². The van der Waals surface area contributed by atoms with E-state index in [0.717, 1.165) is 47.7 Å². The molecule has 0 atom stereocenters. The van der Waals surface area contributed by atoms with Crippen molar-refractivity contribution in [3.63, 3.8) is 0 Å². The van der Waals surface area contributed by atoms with Crippen LogP contribution in [0.15, 0.2) is 60.7 Å². The zero-order valence-corrected chi connectivity index (χ0v) is 21.6. The van der Waals surface area contributed by atoms with E-state index in [4.69, 9.17) is 4.74 Å². The summed E-state index contributed by atoms with van der Waals surface area (Å²) < 4.78 is 18.6. The van der Waals surface area contributed by atoms with E-state index in [0.29, 0.717) is 32.7 Å². The van der Waals surface area contributed by atoms with Gasteiger partial charge in [0.15, 0.2) is 5.82 Å². The topological polar surface area (TPSA) is 78.9 Å². The Labute approximate surface area is 222 Å². The smallest absolute Gasteiger partial charge is 0.242 e. The van der Waals surface area contributed by atoms with Crippen molar-refractivity contribution in [2.75, 3.05) is 44.7 Å². The molecule has 1 aliphatic heterocycles. The maximum Gasteiger partial charge on any atom is 0.242 e. The molecule has 2 aliphatic rings. The van der Waals surface area contributed by atoms with E-state index in [9.17, 15) is 14.0 Å². The Bertz CT molecular complexity index is 1240. The highest BCUT2D eigenvalue weighted by molar-refractivity contribution is 5.86. The summed E-state index contributed by atoms with van der Waals surface area (Å²) in [5, 5.41) is 8.80. The standard InChI is InChI=1S/C29H32FN5O3/c1-38-25-11-7-22(8-12-25)26-13-14-27(32-31-26)33-15-17-34(18-16-33)28(36)20-35(29(37)23-3-2-4-23)19-21-5-9-24(30)10-6-21/h5-14,23H,2-4,15-20H2,1H3. The molecule has 1 aromatic heterocycles. The van der Waals surface area contributed by atoms with Crippen LogP contribution < -0.4 is 9.64 Å². The normalized spacial score (nSPS) is 15.6. The quantitative estimate of drug-likeness (QED) is 0.453. The van der Waals surface area contributed by atoms with Crippen molar-refractivity contribution >= 4 is 17.6 Å². The van der Waals surface area contributed by atoms with Crippen LogP contribution in [0.2, 0.25) is 0 Å². The number of nitrogens with zero attached hydrogens (tertiary/aromatic N) is 5. The van der Waals surface area contributed by atoms with Crippen LogP contribution in [-0.4, -0.2) is 71.6 Å². The number of aromatic nitrogens is 2. The van der Waals surface area contributed by atoms with Gasteiger partial charge < -0.3 is 19.4 Å². The molecule has 0 bridgehead atoms. The average Bonchev–Trinajstić information content (AvgIpc) is 2.93. The first kappa shape index (κ1) is 25.6. The van der Waals surface area contributed by atoms with Gasteiger partial charge in [0.05, 0.1) is 12.8 Å². The minimum absolute atomic E-state index is 0.0137. The van der Waals surface area contributed by atoms with E-state index in [-0.39, 0.29) is 30.1 Å². The molecular weight excluding hydrogens is 485 g/mol. The molecule has 2 heterocycles. The number of ether oxygens (including phenoxy) is 1. The number of anilines is 1. The molecule has 1 saturated heterocycles. The van der Waals surface area contributed by atoms with Gasteiger partial charge in [-0.3, -0.25) is 9.59 Å². The fraction of sp³-hybridized carbons (Fsp3) is 0.379. The number of hydrogen-bond donors (Lipinski definition) is 0. The minimum Gasteiger partial charge on any atom is -0.497 e. The number of methoxy groups -OCH3 is 1. The molecular formula is C29H32FN5O3. The first-order valence-corrected chi connectivity index (χ1v) is 13.0. The number of halogens is 1. The van der Waals surface area contributed by atoms with Crippen molar-refractivity contribution in [2.45, 2.75) is 25.8 Å². The lowest BCUT2D eigenvalue weighted by atomic mass is 9.84. The summed E-state index contributed by atoms with van der Waals surface area (Å²) >= 11 is 0. The second-order valence-electron chi connectivity index (χ2n) is 9.82. The maximum atomic E-state index is 13.3. The summed E-state index contributed by atoms with van der Waals surface area (Å²) in [5.41, 5.74) is 2.55. The lowest BCUT2D eigenvalue weighted by molar-refractivity contribution is -0.145. The van der Waals surface area contributed by atoms with Crippen LogP contribution in [0, 0.1) is 11.7 Å². The third-order valence-electron chi connectivity index (χ3n) is 7.37. The Balaban J connectivity index is 1.17. The molecule has 2 fully saturated rings. The Morgan fingerprint density at radius 3 is 2.24 bits per heavy atom. The second kappa shape index (κ2) is 11.6. The van der Waals surface area contributed by atoms with Crippen molar-refractivity contribution in [1.29, 1.82) is 0 Å². The van der Waals surface area contributed by atoms with Crippen molar-refractivity contribution < 1.29 is 18.7 Å². The fourth-order valence-corrected chi connectivity index (χ4v) is 4.79. The van der Waals surface area contributed by atoms with Crippen LogP contribution in [0.4, 0.5) is 10.2 Å². The molecule has 9 heteroatoms. The number of amides is 2. The van der Waals surface area contributed by atoms with Gasteiger partial charge in [0.25, 0.3) is 0 Å². The van der Waals surface area contributed by atoms with Crippen molar-refractivity contribution in [3.05, 3.63) is 72.0 Å². The Morgan fingerprint density at radius 1 is 0.947 bits per heavy atom. The highest BCUT2D eigenvalue weighted by atomic mass is 19.1. The summed E-state index contributed by atoms with van der Waals surface area (Å²) in [6.07, 6.45) is 2.77. The molecule has 0 N–H and O–H groups in total. The number of carbonyl (C=O) groups is 2. The highest BCUT2D eigenvalue weighted by Gasteiger charge is 2.32. The molecule has 0 unspecified atom stereocenters. The monoisotopic (exact) mass is 517 g/mol. The molecule has 38 heavy (non-hydrogen) atoms. The van der Waals surface area contributed by atoms with Crippen molar-refractivity contribution in [3.8, 4) is 17.0 Å². The number of benzene rings is 2. The molecule has 0 radical (unpaired) electrons. The summed E-state index contributed by atoms with van der Waals surface area (Å²) in [4.78, 5) is 31.8. The predicted octanol–water partition coefficient (Wildman–Crippen LogP) is 3.77. The first-order valence-electron chi connectivity index (χ1n) is 13.0. The van der Waals surface area contributed by atoms with Gasteiger partial charge in [-0.15, -0.1) is 10.2 Å².